The molecule has 1 saturated carbocycles. The highest BCUT2D eigenvalue weighted by Crippen LogP contribution is 2.36. The Labute approximate surface area is 164 Å². The van der Waals surface area contributed by atoms with Gasteiger partial charge in [-0.25, -0.2) is 0 Å². The van der Waals surface area contributed by atoms with Gasteiger partial charge in [0.15, 0.2) is 0 Å². The predicted molar refractivity (Wildman–Crippen MR) is 116 cm³/mol. The van der Waals surface area contributed by atoms with Crippen LogP contribution in [0.15, 0.2) is 60.3 Å². The molecule has 0 heterocycles. The van der Waals surface area contributed by atoms with E-state index >= 15 is 0 Å². The molecular formula is C26H33N. The molecule has 1 N–H and O–H groups in total. The Hall–Kier alpha value is -2.02. The van der Waals surface area contributed by atoms with Gasteiger partial charge in [-0.2, -0.15) is 0 Å². The summed E-state index contributed by atoms with van der Waals surface area (Å²) >= 11 is 0. The molecule has 0 aromatic heterocycles. The van der Waals surface area contributed by atoms with Crippen molar-refractivity contribution >= 4 is 0 Å². The van der Waals surface area contributed by atoms with Gasteiger partial charge in [0.25, 0.3) is 0 Å². The molecule has 2 aliphatic carbocycles. The standard InChI is InChI=1S/C26H33N/c1-19-3-5-20(6-4-19)21-7-9-22(10-8-21)23-11-13-24(14-12-23)25-15-17-26(27-2)18-16-25/h7-14,17,19-20,25,27H,3-6,15-16,18H2,1-2H3. The summed E-state index contributed by atoms with van der Waals surface area (Å²) in [6.07, 6.45) is 11.4. The molecule has 1 heteroatoms. The van der Waals surface area contributed by atoms with E-state index in [1.807, 2.05) is 7.05 Å². The van der Waals surface area contributed by atoms with E-state index in [1.165, 1.54) is 66.5 Å². The zero-order valence-corrected chi connectivity index (χ0v) is 16.9. The van der Waals surface area contributed by atoms with Crippen molar-refractivity contribution in [2.75, 3.05) is 7.05 Å². The molecule has 1 atom stereocenters. The highest BCUT2D eigenvalue weighted by atomic mass is 14.8. The van der Waals surface area contributed by atoms with Gasteiger partial charge in [0.1, 0.15) is 0 Å². The molecule has 0 amide bonds. The van der Waals surface area contributed by atoms with Crippen molar-refractivity contribution in [1.82, 2.24) is 5.32 Å². The summed E-state index contributed by atoms with van der Waals surface area (Å²) < 4.78 is 0. The van der Waals surface area contributed by atoms with Gasteiger partial charge in [-0.05, 0) is 72.1 Å². The van der Waals surface area contributed by atoms with Crippen molar-refractivity contribution in [2.24, 2.45) is 5.92 Å². The van der Waals surface area contributed by atoms with Crippen LogP contribution in [-0.2, 0) is 0 Å². The number of benzene rings is 2. The molecule has 1 fully saturated rings. The summed E-state index contributed by atoms with van der Waals surface area (Å²) in [6, 6.07) is 18.7. The third-order valence-electron chi connectivity index (χ3n) is 6.85. The van der Waals surface area contributed by atoms with Crippen LogP contribution in [0, 0.1) is 5.92 Å². The van der Waals surface area contributed by atoms with E-state index in [1.54, 1.807) is 0 Å². The van der Waals surface area contributed by atoms with Crippen molar-refractivity contribution < 1.29 is 0 Å². The summed E-state index contributed by atoms with van der Waals surface area (Å²) in [4.78, 5) is 0. The lowest BCUT2D eigenvalue weighted by molar-refractivity contribution is 0.348. The predicted octanol–water partition coefficient (Wildman–Crippen LogP) is 7.02. The van der Waals surface area contributed by atoms with Crippen LogP contribution in [-0.4, -0.2) is 7.05 Å². The lowest BCUT2D eigenvalue weighted by Gasteiger charge is -2.26. The Morgan fingerprint density at radius 3 is 1.74 bits per heavy atom. The molecule has 2 aromatic rings. The van der Waals surface area contributed by atoms with Crippen molar-refractivity contribution in [3.63, 3.8) is 0 Å². The van der Waals surface area contributed by atoms with E-state index in [0.717, 1.165) is 18.3 Å². The lowest BCUT2D eigenvalue weighted by atomic mass is 9.79. The first-order chi connectivity index (χ1) is 13.2. The zero-order valence-electron chi connectivity index (χ0n) is 16.9. The Balaban J connectivity index is 1.42. The van der Waals surface area contributed by atoms with Crippen molar-refractivity contribution in [3.05, 3.63) is 71.4 Å². The second-order valence-electron chi connectivity index (χ2n) is 8.65. The molecule has 2 aliphatic rings. The van der Waals surface area contributed by atoms with Crippen LogP contribution in [0.3, 0.4) is 0 Å². The number of allylic oxidation sites excluding steroid dienone is 2. The smallest absolute Gasteiger partial charge is 0.00639 e. The highest BCUT2D eigenvalue weighted by Gasteiger charge is 2.19. The van der Waals surface area contributed by atoms with Crippen molar-refractivity contribution in [2.45, 2.75) is 63.7 Å². The maximum atomic E-state index is 3.30. The van der Waals surface area contributed by atoms with Crippen LogP contribution < -0.4 is 5.32 Å². The summed E-state index contributed by atoms with van der Waals surface area (Å²) in [5.74, 6) is 2.37. The van der Waals surface area contributed by atoms with Gasteiger partial charge in [-0.15, -0.1) is 0 Å². The summed E-state index contributed by atoms with van der Waals surface area (Å²) in [6.45, 7) is 2.40. The summed E-state index contributed by atoms with van der Waals surface area (Å²) in [7, 11) is 2.03. The molecular weight excluding hydrogens is 326 g/mol. The average molecular weight is 360 g/mol. The van der Waals surface area contributed by atoms with E-state index < -0.39 is 0 Å². The minimum absolute atomic E-state index is 0.673. The molecule has 2 aromatic carbocycles. The highest BCUT2D eigenvalue weighted by molar-refractivity contribution is 5.64. The third kappa shape index (κ3) is 4.29. The van der Waals surface area contributed by atoms with Crippen LogP contribution in [0.25, 0.3) is 11.1 Å². The number of hydrogen-bond acceptors (Lipinski definition) is 1. The normalized spacial score (nSPS) is 25.7. The van der Waals surface area contributed by atoms with E-state index in [9.17, 15) is 0 Å². The molecule has 1 unspecified atom stereocenters. The van der Waals surface area contributed by atoms with Gasteiger partial charge in [-0.1, -0.05) is 74.4 Å². The number of hydrogen-bond donors (Lipinski definition) is 1. The van der Waals surface area contributed by atoms with Gasteiger partial charge < -0.3 is 5.32 Å². The minimum atomic E-state index is 0.673. The molecule has 0 aliphatic heterocycles. The molecule has 4 rings (SSSR count). The fraction of sp³-hybridized carbons (Fsp3) is 0.462. The maximum absolute atomic E-state index is 3.30. The lowest BCUT2D eigenvalue weighted by Crippen LogP contribution is -2.12. The SMILES string of the molecule is CNC1=CCC(c2ccc(-c3ccc(C4CCC(C)CC4)cc3)cc2)CC1. The maximum Gasteiger partial charge on any atom is 0.00639 e. The first-order valence-electron chi connectivity index (χ1n) is 10.8. The first-order valence-corrected chi connectivity index (χ1v) is 10.8. The Morgan fingerprint density at radius 2 is 1.26 bits per heavy atom. The molecule has 27 heavy (non-hydrogen) atoms. The molecule has 1 nitrogen and oxygen atoms in total. The second kappa shape index (κ2) is 8.33. The topological polar surface area (TPSA) is 12.0 Å². The molecule has 0 bridgehead atoms. The van der Waals surface area contributed by atoms with E-state index in [2.05, 4.69) is 66.8 Å². The largest absolute Gasteiger partial charge is 0.392 e. The van der Waals surface area contributed by atoms with E-state index in [-0.39, 0.29) is 0 Å². The Morgan fingerprint density at radius 1 is 0.704 bits per heavy atom. The average Bonchev–Trinajstić information content (AvgIpc) is 2.75. The first kappa shape index (κ1) is 18.3. The number of nitrogens with one attached hydrogen (secondary N) is 1. The van der Waals surface area contributed by atoms with Gasteiger partial charge in [-0.3, -0.25) is 0 Å². The van der Waals surface area contributed by atoms with Gasteiger partial charge >= 0.3 is 0 Å². The van der Waals surface area contributed by atoms with E-state index in [0.29, 0.717) is 5.92 Å². The van der Waals surface area contributed by atoms with Gasteiger partial charge in [0.05, 0.1) is 0 Å². The molecule has 142 valence electrons. The summed E-state index contributed by atoms with van der Waals surface area (Å²) in [5, 5.41) is 3.30. The Kier molecular flexibility index (Phi) is 5.66. The zero-order chi connectivity index (χ0) is 18.6. The van der Waals surface area contributed by atoms with Crippen LogP contribution in [0.1, 0.15) is 74.8 Å². The van der Waals surface area contributed by atoms with Crippen LogP contribution >= 0.6 is 0 Å². The third-order valence-corrected chi connectivity index (χ3v) is 6.85. The fourth-order valence-corrected chi connectivity index (χ4v) is 4.85. The number of rotatable bonds is 4. The molecule has 0 radical (unpaired) electrons. The minimum Gasteiger partial charge on any atom is -0.392 e. The van der Waals surface area contributed by atoms with Crippen molar-refractivity contribution in [3.8, 4) is 11.1 Å². The van der Waals surface area contributed by atoms with Crippen LogP contribution in [0.4, 0.5) is 0 Å². The summed E-state index contributed by atoms with van der Waals surface area (Å²) in [5.41, 5.74) is 7.10. The Bertz CT molecular complexity index is 761. The van der Waals surface area contributed by atoms with Crippen LogP contribution in [0.5, 0.6) is 0 Å². The monoisotopic (exact) mass is 359 g/mol. The van der Waals surface area contributed by atoms with Gasteiger partial charge in [0, 0.05) is 12.7 Å². The quantitative estimate of drug-likeness (QED) is 0.618. The molecule has 0 saturated heterocycles. The van der Waals surface area contributed by atoms with E-state index in [4.69, 9.17) is 0 Å². The fourth-order valence-electron chi connectivity index (χ4n) is 4.85. The van der Waals surface area contributed by atoms with Crippen LogP contribution in [0.2, 0.25) is 0 Å². The second-order valence-corrected chi connectivity index (χ2v) is 8.65. The van der Waals surface area contributed by atoms with Gasteiger partial charge in [0.2, 0.25) is 0 Å². The molecule has 0 spiro atoms. The van der Waals surface area contributed by atoms with Crippen molar-refractivity contribution in [1.29, 1.82) is 0 Å².